The minimum atomic E-state index is -1.47. The zero-order valence-corrected chi connectivity index (χ0v) is 60.8. The van der Waals surface area contributed by atoms with E-state index in [0.717, 1.165) is 77.0 Å². The molecular weight excluding hydrogens is 1250 g/mol. The van der Waals surface area contributed by atoms with Gasteiger partial charge in [-0.2, -0.15) is 0 Å². The van der Waals surface area contributed by atoms with Crippen LogP contribution in [0.1, 0.15) is 208 Å². The summed E-state index contributed by atoms with van der Waals surface area (Å²) in [4.78, 5) is 192. The Morgan fingerprint density at radius 2 is 1.12 bits per heavy atom. The number of hydrogen-bond donors (Lipinski definition) is 3. The van der Waals surface area contributed by atoms with Gasteiger partial charge in [0, 0.05) is 73.8 Å². The first kappa shape index (κ1) is 77.3. The van der Waals surface area contributed by atoms with E-state index >= 15 is 28.8 Å². The molecule has 0 aromatic carbocycles. The number of carbonyl (C=O) groups excluding carboxylic acids is 12. The van der Waals surface area contributed by atoms with Gasteiger partial charge >= 0.3 is 0 Å². The Hall–Kier alpha value is -6.07. The Labute approximate surface area is 576 Å². The maximum atomic E-state index is 15.4. The van der Waals surface area contributed by atoms with Crippen LogP contribution in [0.25, 0.3) is 0 Å². The second-order valence-electron chi connectivity index (χ2n) is 30.3. The van der Waals surface area contributed by atoms with Gasteiger partial charge in [-0.05, 0) is 139 Å². The fraction of sp³-hybridized carbons (Fsp3) is 0.831. The lowest BCUT2D eigenvalue weighted by Crippen LogP contribution is -2.65. The number of likely N-dealkylation sites (tertiary alicyclic amines) is 1. The van der Waals surface area contributed by atoms with Crippen molar-refractivity contribution >= 4 is 82.5 Å². The van der Waals surface area contributed by atoms with Crippen molar-refractivity contribution in [3.8, 4) is 0 Å². The zero-order chi connectivity index (χ0) is 70.5. The summed E-state index contributed by atoms with van der Waals surface area (Å²) in [6.45, 7) is 11.4. The third kappa shape index (κ3) is 19.0. The van der Waals surface area contributed by atoms with Crippen LogP contribution in [0, 0.1) is 29.6 Å². The first-order valence-corrected chi connectivity index (χ1v) is 36.9. The summed E-state index contributed by atoms with van der Waals surface area (Å²) >= 11 is 6.52. The molecule has 0 bridgehead atoms. The molecular formula is C71H117ClN12O12. The molecule has 3 N–H and O–H groups in total. The van der Waals surface area contributed by atoms with E-state index in [0.29, 0.717) is 58.0 Å². The third-order valence-corrected chi connectivity index (χ3v) is 22.9. The molecule has 0 aromatic rings. The maximum absolute atomic E-state index is 15.4. The summed E-state index contributed by atoms with van der Waals surface area (Å²) in [5, 5.41) is 9.18. The van der Waals surface area contributed by atoms with Gasteiger partial charge < -0.3 is 60.0 Å². The normalized spacial score (nSPS) is 30.2. The SMILES string of the molecule is CC[C@H](C)[C@@H]1NC(=O)[C@H](CC(C)C)N(C)C(=O)C[C@@H](C(=O)N2CCCCC2)N(C)C(=O)[C@H](C(C)C)N(C)C(=O)C2(CCCC2)NC(=O)[C@@H]2CCCN2C(=O)[C@H](CCC2CCC(Cl)CC2)NC(=O)CN(C)C(=O)[C@H](CC2CCCCC2)N(C)C(=O)CN(C)C(=O)[C@@H]2CCCN2C1=O. The molecule has 0 unspecified atom stereocenters. The average Bonchev–Trinajstić information content (AvgIpc) is 1.27. The minimum absolute atomic E-state index is 0.0609. The van der Waals surface area contributed by atoms with Crippen molar-refractivity contribution in [3.63, 3.8) is 0 Å². The van der Waals surface area contributed by atoms with Crippen LogP contribution in [-0.4, -0.2) is 256 Å². The van der Waals surface area contributed by atoms with Gasteiger partial charge in [-0.15, -0.1) is 11.6 Å². The van der Waals surface area contributed by atoms with E-state index in [9.17, 15) is 28.8 Å². The van der Waals surface area contributed by atoms with Crippen molar-refractivity contribution in [2.45, 2.75) is 268 Å². The molecule has 7 fully saturated rings. The third-order valence-electron chi connectivity index (χ3n) is 22.5. The Morgan fingerprint density at radius 3 is 1.73 bits per heavy atom. The predicted molar refractivity (Wildman–Crippen MR) is 365 cm³/mol. The molecule has 4 aliphatic heterocycles. The number of hydrogen-bond acceptors (Lipinski definition) is 12. The monoisotopic (exact) mass is 1360 g/mol. The van der Waals surface area contributed by atoms with Crippen LogP contribution in [0.3, 0.4) is 0 Å². The number of likely N-dealkylation sites (N-methyl/N-ethyl adjacent to an activating group) is 6. The Kier molecular flexibility index (Phi) is 28.3. The lowest BCUT2D eigenvalue weighted by molar-refractivity contribution is -0.156. The highest BCUT2D eigenvalue weighted by molar-refractivity contribution is 6.20. The molecule has 7 aliphatic rings. The first-order valence-electron chi connectivity index (χ1n) is 36.5. The highest BCUT2D eigenvalue weighted by Gasteiger charge is 2.51. The molecule has 0 aromatic heterocycles. The molecule has 0 radical (unpaired) electrons. The van der Waals surface area contributed by atoms with Crippen LogP contribution < -0.4 is 16.0 Å². The van der Waals surface area contributed by atoms with Crippen molar-refractivity contribution in [2.24, 2.45) is 29.6 Å². The standard InChI is InChI=1S/C71H117ClN12O12/c1-13-47(6)60-68(94)84-39-23-27-53(84)65(91)77(8)44-59(87)79(10)55(41-49-24-16-14-17-25-49)66(92)76(7)43-57(85)73-51(33-30-48-28-31-50(72)32-29-48)64(90)83-38-22-26-52(83)63(89)75-71(34-18-19-35-71)70(96)81(12)61(46(4)5)69(95)80(11)56(67(93)82-36-20-15-21-37-82)42-58(86)78(9)54(40-45(2)3)62(88)74-60/h45-56,60-61H,13-44H2,1-12H3,(H,73,85)(H,74,88)(H,75,89)/t47-,48?,50?,51-,52-,53-,54-,55-,56-,60-,61-/m0/s1. The van der Waals surface area contributed by atoms with Crippen LogP contribution in [0.2, 0.25) is 0 Å². The molecule has 7 rings (SSSR count). The lowest BCUT2D eigenvalue weighted by Gasteiger charge is -2.42. The molecule has 540 valence electrons. The van der Waals surface area contributed by atoms with E-state index < -0.39 is 156 Å². The Morgan fingerprint density at radius 1 is 0.542 bits per heavy atom. The molecule has 24 nitrogen and oxygen atoms in total. The number of piperidine rings is 1. The van der Waals surface area contributed by atoms with Gasteiger partial charge in [0.05, 0.1) is 19.5 Å². The number of halogens is 1. The fourth-order valence-electron chi connectivity index (χ4n) is 16.2. The van der Waals surface area contributed by atoms with Crippen molar-refractivity contribution < 1.29 is 57.5 Å². The number of rotatable bonds is 11. The molecule has 3 saturated carbocycles. The second-order valence-corrected chi connectivity index (χ2v) is 30.9. The predicted octanol–water partition coefficient (Wildman–Crippen LogP) is 5.30. The quantitative estimate of drug-likeness (QED) is 0.222. The highest BCUT2D eigenvalue weighted by Crippen LogP contribution is 2.36. The smallest absolute Gasteiger partial charge is 0.248 e. The molecule has 96 heavy (non-hydrogen) atoms. The summed E-state index contributed by atoms with van der Waals surface area (Å²) in [7, 11) is 8.97. The zero-order valence-electron chi connectivity index (χ0n) is 60.0. The summed E-state index contributed by atoms with van der Waals surface area (Å²) in [5.74, 6) is -7.20. The topological polar surface area (TPSA) is 270 Å². The summed E-state index contributed by atoms with van der Waals surface area (Å²) in [6.07, 6.45) is 14.8. The number of fused-ring (bicyclic) bond motifs is 2. The number of amides is 12. The van der Waals surface area contributed by atoms with Crippen LogP contribution in [0.5, 0.6) is 0 Å². The van der Waals surface area contributed by atoms with Crippen LogP contribution in [-0.2, 0) is 57.5 Å². The van der Waals surface area contributed by atoms with E-state index in [1.54, 1.807) is 18.7 Å². The molecule has 1 spiro atoms. The van der Waals surface area contributed by atoms with E-state index in [4.69, 9.17) is 11.6 Å². The number of nitrogens with one attached hydrogen (secondary N) is 3. The first-order chi connectivity index (χ1) is 45.5. The van der Waals surface area contributed by atoms with Gasteiger partial charge in [-0.25, -0.2) is 0 Å². The molecule has 4 heterocycles. The average molecular weight is 1370 g/mol. The summed E-state index contributed by atoms with van der Waals surface area (Å²) in [5.41, 5.74) is -1.47. The maximum Gasteiger partial charge on any atom is 0.248 e. The molecule has 9 atom stereocenters. The minimum Gasteiger partial charge on any atom is -0.343 e. The fourth-order valence-corrected chi connectivity index (χ4v) is 16.5. The van der Waals surface area contributed by atoms with Gasteiger partial charge in [-0.1, -0.05) is 92.9 Å². The van der Waals surface area contributed by atoms with Crippen molar-refractivity contribution in [3.05, 3.63) is 0 Å². The van der Waals surface area contributed by atoms with Gasteiger partial charge in [0.25, 0.3) is 0 Å². The number of carbonyl (C=O) groups is 12. The summed E-state index contributed by atoms with van der Waals surface area (Å²) < 4.78 is 0. The molecule has 4 saturated heterocycles. The Balaban J connectivity index is 1.26. The van der Waals surface area contributed by atoms with Gasteiger partial charge in [0.15, 0.2) is 0 Å². The Bertz CT molecular complexity index is 2760. The highest BCUT2D eigenvalue weighted by atomic mass is 35.5. The van der Waals surface area contributed by atoms with E-state index in [2.05, 4.69) is 16.0 Å². The molecule has 25 heteroatoms. The number of nitrogens with zero attached hydrogens (tertiary/aromatic N) is 9. The van der Waals surface area contributed by atoms with Crippen LogP contribution in [0.15, 0.2) is 0 Å². The van der Waals surface area contributed by atoms with Gasteiger partial charge in [0.1, 0.15) is 53.9 Å². The largest absolute Gasteiger partial charge is 0.343 e. The van der Waals surface area contributed by atoms with E-state index in [-0.39, 0.29) is 74.7 Å². The van der Waals surface area contributed by atoms with Crippen molar-refractivity contribution in [2.75, 3.05) is 81.6 Å². The van der Waals surface area contributed by atoms with Crippen molar-refractivity contribution in [1.82, 2.24) is 60.0 Å². The van der Waals surface area contributed by atoms with Crippen molar-refractivity contribution in [1.29, 1.82) is 0 Å². The van der Waals surface area contributed by atoms with Crippen LogP contribution in [0.4, 0.5) is 0 Å². The van der Waals surface area contributed by atoms with Gasteiger partial charge in [0.2, 0.25) is 70.9 Å². The van der Waals surface area contributed by atoms with E-state index in [1.807, 2.05) is 27.7 Å². The second kappa shape index (κ2) is 35.1. The number of alkyl halides is 1. The molecule has 3 aliphatic carbocycles. The molecule has 12 amide bonds. The van der Waals surface area contributed by atoms with Crippen LogP contribution >= 0.6 is 11.6 Å². The summed E-state index contributed by atoms with van der Waals surface area (Å²) in [6, 6.07) is -8.91. The lowest BCUT2D eigenvalue weighted by atomic mass is 9.84. The van der Waals surface area contributed by atoms with Gasteiger partial charge in [-0.3, -0.25) is 57.5 Å². The van der Waals surface area contributed by atoms with E-state index in [1.165, 1.54) is 81.5 Å².